The maximum atomic E-state index is 12.5. The van der Waals surface area contributed by atoms with Gasteiger partial charge in [0.2, 0.25) is 5.91 Å². The number of aliphatic hydroxyl groups is 1. The van der Waals surface area contributed by atoms with Crippen LogP contribution < -0.4 is 5.32 Å². The highest BCUT2D eigenvalue weighted by atomic mass is 16.3. The third-order valence-corrected chi connectivity index (χ3v) is 5.13. The number of aryl methyl sites for hydroxylation is 1. The minimum absolute atomic E-state index is 0.0137. The first-order valence-corrected chi connectivity index (χ1v) is 8.80. The van der Waals surface area contributed by atoms with Crippen molar-refractivity contribution in [1.82, 2.24) is 9.88 Å². The van der Waals surface area contributed by atoms with Crippen molar-refractivity contribution in [3.63, 3.8) is 0 Å². The molecule has 1 saturated heterocycles. The molecule has 23 heavy (non-hydrogen) atoms. The van der Waals surface area contributed by atoms with Gasteiger partial charge in [0.05, 0.1) is 12.0 Å². The zero-order chi connectivity index (χ0) is 16.2. The Labute approximate surface area is 138 Å². The van der Waals surface area contributed by atoms with E-state index in [4.69, 9.17) is 0 Å². The first-order chi connectivity index (χ1) is 11.1. The van der Waals surface area contributed by atoms with Crippen LogP contribution in [0.25, 0.3) is 0 Å². The average Bonchev–Trinajstić information content (AvgIpc) is 2.55. The smallest absolute Gasteiger partial charge is 0.229 e. The molecule has 0 bridgehead atoms. The van der Waals surface area contributed by atoms with Gasteiger partial charge >= 0.3 is 0 Å². The number of hydrogen-bond donors (Lipinski definition) is 2. The van der Waals surface area contributed by atoms with Crippen molar-refractivity contribution in [2.24, 2.45) is 5.92 Å². The van der Waals surface area contributed by atoms with Crippen molar-refractivity contribution < 1.29 is 9.90 Å². The van der Waals surface area contributed by atoms with Gasteiger partial charge in [-0.3, -0.25) is 9.69 Å². The Bertz CT molecular complexity index is 549. The van der Waals surface area contributed by atoms with Crippen LogP contribution >= 0.6 is 0 Å². The van der Waals surface area contributed by atoms with Gasteiger partial charge in [-0.2, -0.15) is 0 Å². The molecule has 1 amide bonds. The van der Waals surface area contributed by atoms with Crippen molar-refractivity contribution in [3.05, 3.63) is 23.9 Å². The molecule has 1 aromatic heterocycles. The van der Waals surface area contributed by atoms with E-state index in [0.717, 1.165) is 50.9 Å². The van der Waals surface area contributed by atoms with Crippen LogP contribution in [-0.2, 0) is 4.79 Å². The van der Waals surface area contributed by atoms with Gasteiger partial charge in [-0.1, -0.05) is 18.9 Å². The van der Waals surface area contributed by atoms with Crippen LogP contribution in [0.1, 0.15) is 44.2 Å². The lowest BCUT2D eigenvalue weighted by molar-refractivity contribution is -0.122. The number of rotatable bonds is 3. The zero-order valence-corrected chi connectivity index (χ0v) is 13.9. The second-order valence-electron chi connectivity index (χ2n) is 6.91. The molecular formula is C18H27N3O2. The fourth-order valence-electron chi connectivity index (χ4n) is 3.88. The van der Waals surface area contributed by atoms with E-state index in [2.05, 4.69) is 15.2 Å². The van der Waals surface area contributed by atoms with Crippen LogP contribution in [0.15, 0.2) is 18.2 Å². The van der Waals surface area contributed by atoms with Gasteiger partial charge in [-0.05, 0) is 51.3 Å². The molecular weight excluding hydrogens is 290 g/mol. The van der Waals surface area contributed by atoms with Crippen LogP contribution in [0.2, 0.25) is 0 Å². The van der Waals surface area contributed by atoms with Gasteiger partial charge in [-0.25, -0.2) is 4.98 Å². The van der Waals surface area contributed by atoms with E-state index in [1.807, 2.05) is 25.1 Å². The number of hydrogen-bond acceptors (Lipinski definition) is 4. The van der Waals surface area contributed by atoms with Crippen molar-refractivity contribution in [3.8, 4) is 0 Å². The number of amides is 1. The monoisotopic (exact) mass is 317 g/mol. The van der Waals surface area contributed by atoms with Gasteiger partial charge in [-0.15, -0.1) is 0 Å². The summed E-state index contributed by atoms with van der Waals surface area (Å²) in [6.07, 6.45) is 5.94. The SMILES string of the molecule is Cc1cccc(NC(=O)C2CCCN(C3CCCCC3O)C2)n1. The van der Waals surface area contributed by atoms with Gasteiger partial charge < -0.3 is 10.4 Å². The number of aliphatic hydroxyl groups excluding tert-OH is 1. The summed E-state index contributed by atoms with van der Waals surface area (Å²) in [7, 11) is 0. The van der Waals surface area contributed by atoms with Crippen LogP contribution in [0.4, 0.5) is 5.82 Å². The number of carbonyl (C=O) groups is 1. The summed E-state index contributed by atoms with van der Waals surface area (Å²) in [5.41, 5.74) is 0.901. The van der Waals surface area contributed by atoms with Crippen molar-refractivity contribution in [2.75, 3.05) is 18.4 Å². The third kappa shape index (κ3) is 4.09. The average molecular weight is 317 g/mol. The molecule has 3 rings (SSSR count). The summed E-state index contributed by atoms with van der Waals surface area (Å²) < 4.78 is 0. The molecule has 3 unspecified atom stereocenters. The number of likely N-dealkylation sites (tertiary alicyclic amines) is 1. The molecule has 1 saturated carbocycles. The second kappa shape index (κ2) is 7.41. The fourth-order valence-corrected chi connectivity index (χ4v) is 3.88. The number of aromatic nitrogens is 1. The molecule has 2 aliphatic rings. The van der Waals surface area contributed by atoms with Gasteiger partial charge in [0.1, 0.15) is 5.82 Å². The van der Waals surface area contributed by atoms with E-state index < -0.39 is 0 Å². The highest BCUT2D eigenvalue weighted by Crippen LogP contribution is 2.28. The Kier molecular flexibility index (Phi) is 5.28. The second-order valence-corrected chi connectivity index (χ2v) is 6.91. The standard InChI is InChI=1S/C18H27N3O2/c1-13-6-4-10-17(19-13)20-18(23)14-7-5-11-21(12-14)15-8-2-3-9-16(15)22/h4,6,10,14-16,22H,2-3,5,7-9,11-12H2,1H3,(H,19,20,23). The predicted octanol–water partition coefficient (Wildman–Crippen LogP) is 2.34. The number of nitrogens with zero attached hydrogens (tertiary/aromatic N) is 2. The van der Waals surface area contributed by atoms with Gasteiger partial charge in [0.15, 0.2) is 0 Å². The molecule has 0 radical (unpaired) electrons. The topological polar surface area (TPSA) is 65.5 Å². The minimum atomic E-state index is -0.232. The molecule has 0 aromatic carbocycles. The van der Waals surface area contributed by atoms with E-state index in [1.165, 1.54) is 6.42 Å². The maximum Gasteiger partial charge on any atom is 0.229 e. The van der Waals surface area contributed by atoms with Crippen molar-refractivity contribution in [2.45, 2.75) is 57.6 Å². The quantitative estimate of drug-likeness (QED) is 0.898. The fraction of sp³-hybridized carbons (Fsp3) is 0.667. The lowest BCUT2D eigenvalue weighted by atomic mass is 9.88. The maximum absolute atomic E-state index is 12.5. The molecule has 1 aromatic rings. The summed E-state index contributed by atoms with van der Waals surface area (Å²) in [5.74, 6) is 0.670. The van der Waals surface area contributed by atoms with Crippen LogP contribution in [0.3, 0.4) is 0 Å². The molecule has 2 N–H and O–H groups in total. The number of carbonyl (C=O) groups excluding carboxylic acids is 1. The lowest BCUT2D eigenvalue weighted by Gasteiger charge is -2.41. The van der Waals surface area contributed by atoms with Crippen LogP contribution in [0.5, 0.6) is 0 Å². The van der Waals surface area contributed by atoms with Gasteiger partial charge in [0.25, 0.3) is 0 Å². The molecule has 126 valence electrons. The van der Waals surface area contributed by atoms with E-state index >= 15 is 0 Å². The summed E-state index contributed by atoms with van der Waals surface area (Å²) in [6.45, 7) is 3.66. The molecule has 1 aliphatic carbocycles. The molecule has 5 nitrogen and oxygen atoms in total. The van der Waals surface area contributed by atoms with E-state index in [9.17, 15) is 9.90 Å². The first kappa shape index (κ1) is 16.4. The Morgan fingerprint density at radius 3 is 2.87 bits per heavy atom. The molecule has 0 spiro atoms. The highest BCUT2D eigenvalue weighted by Gasteiger charge is 2.34. The zero-order valence-electron chi connectivity index (χ0n) is 13.9. The molecule has 3 atom stereocenters. The van der Waals surface area contributed by atoms with Gasteiger partial charge in [0, 0.05) is 18.3 Å². The predicted molar refractivity (Wildman–Crippen MR) is 90.2 cm³/mol. The summed E-state index contributed by atoms with van der Waals surface area (Å²) in [5, 5.41) is 13.2. The largest absolute Gasteiger partial charge is 0.391 e. The number of pyridine rings is 1. The Hall–Kier alpha value is -1.46. The van der Waals surface area contributed by atoms with Crippen LogP contribution in [0, 0.1) is 12.8 Å². The van der Waals surface area contributed by atoms with E-state index in [1.54, 1.807) is 0 Å². The van der Waals surface area contributed by atoms with Crippen molar-refractivity contribution in [1.29, 1.82) is 0 Å². The molecule has 1 aliphatic heterocycles. The summed E-state index contributed by atoms with van der Waals surface area (Å²) in [4.78, 5) is 19.2. The van der Waals surface area contributed by atoms with Crippen molar-refractivity contribution >= 4 is 11.7 Å². The molecule has 2 fully saturated rings. The number of piperidine rings is 1. The molecule has 5 heteroatoms. The number of nitrogens with one attached hydrogen (secondary N) is 1. The summed E-state index contributed by atoms with van der Waals surface area (Å²) >= 11 is 0. The van der Waals surface area contributed by atoms with E-state index in [-0.39, 0.29) is 24.0 Å². The van der Waals surface area contributed by atoms with E-state index in [0.29, 0.717) is 5.82 Å². The Morgan fingerprint density at radius 2 is 2.09 bits per heavy atom. The Morgan fingerprint density at radius 1 is 1.26 bits per heavy atom. The lowest BCUT2D eigenvalue weighted by Crippen LogP contribution is -2.51. The first-order valence-electron chi connectivity index (χ1n) is 8.80. The Balaban J connectivity index is 1.60. The minimum Gasteiger partial charge on any atom is -0.391 e. The number of anilines is 1. The summed E-state index contributed by atoms with van der Waals surface area (Å²) in [6, 6.07) is 5.89. The third-order valence-electron chi connectivity index (χ3n) is 5.13. The highest BCUT2D eigenvalue weighted by molar-refractivity contribution is 5.91. The molecule has 2 heterocycles. The normalized spacial score (nSPS) is 29.2. The van der Waals surface area contributed by atoms with Crippen LogP contribution in [-0.4, -0.2) is 46.1 Å².